The summed E-state index contributed by atoms with van der Waals surface area (Å²) in [6.45, 7) is 6.30. The van der Waals surface area contributed by atoms with Gasteiger partial charge in [0, 0.05) is 44.5 Å². The van der Waals surface area contributed by atoms with Crippen LogP contribution in [-0.2, 0) is 25.8 Å². The third kappa shape index (κ3) is 4.64. The summed E-state index contributed by atoms with van der Waals surface area (Å²) in [7, 11) is 5.83. The first-order valence-electron chi connectivity index (χ1n) is 10.4. The van der Waals surface area contributed by atoms with E-state index in [4.69, 9.17) is 5.10 Å². The van der Waals surface area contributed by atoms with Crippen molar-refractivity contribution in [3.8, 4) is 0 Å². The Balaban J connectivity index is 1.76. The van der Waals surface area contributed by atoms with Crippen molar-refractivity contribution >= 4 is 5.91 Å². The maximum absolute atomic E-state index is 12.7. The van der Waals surface area contributed by atoms with Crippen molar-refractivity contribution in [2.45, 2.75) is 52.1 Å². The highest BCUT2D eigenvalue weighted by Crippen LogP contribution is 2.28. The number of aromatic nitrogens is 2. The Labute approximate surface area is 169 Å². The van der Waals surface area contributed by atoms with Crippen LogP contribution in [0, 0.1) is 5.92 Å². The van der Waals surface area contributed by atoms with Crippen LogP contribution >= 0.6 is 0 Å². The van der Waals surface area contributed by atoms with Crippen LogP contribution in [0.1, 0.15) is 47.6 Å². The number of likely N-dealkylation sites (N-methyl/N-ethyl adjacent to an activating group) is 1. The van der Waals surface area contributed by atoms with Crippen molar-refractivity contribution in [1.82, 2.24) is 19.6 Å². The van der Waals surface area contributed by atoms with Crippen LogP contribution in [-0.4, -0.2) is 59.2 Å². The molecule has 0 fully saturated rings. The van der Waals surface area contributed by atoms with Gasteiger partial charge in [0.2, 0.25) is 0 Å². The molecule has 1 aliphatic carbocycles. The fraction of sp³-hybridized carbons (Fsp3) is 0.565. The standard InChI is InChI=1S/C23H34N4O/c1-17(2)16-27-21-12-11-19(15-20(21)22(24-27)23(28)25(3)4)26(5)14-13-18-9-7-6-8-10-18/h6-10,17,19H,11-16H2,1-5H3/t19-/m0/s1. The lowest BCUT2D eigenvalue weighted by atomic mass is 9.90. The molecule has 1 amide bonds. The van der Waals surface area contributed by atoms with Crippen LogP contribution < -0.4 is 0 Å². The summed E-state index contributed by atoms with van der Waals surface area (Å²) in [5, 5.41) is 4.75. The summed E-state index contributed by atoms with van der Waals surface area (Å²) in [4.78, 5) is 16.8. The van der Waals surface area contributed by atoms with Crippen molar-refractivity contribution in [2.75, 3.05) is 27.7 Å². The minimum absolute atomic E-state index is 0.0198. The van der Waals surface area contributed by atoms with Crippen molar-refractivity contribution < 1.29 is 4.79 Å². The van der Waals surface area contributed by atoms with E-state index in [0.29, 0.717) is 17.7 Å². The molecule has 0 bridgehead atoms. The van der Waals surface area contributed by atoms with Gasteiger partial charge >= 0.3 is 0 Å². The van der Waals surface area contributed by atoms with E-state index in [1.165, 1.54) is 16.8 Å². The van der Waals surface area contributed by atoms with Crippen LogP contribution in [0.25, 0.3) is 0 Å². The molecule has 1 aliphatic rings. The number of fused-ring (bicyclic) bond motifs is 1. The maximum Gasteiger partial charge on any atom is 0.274 e. The lowest BCUT2D eigenvalue weighted by molar-refractivity contribution is 0.0819. The zero-order chi connectivity index (χ0) is 20.3. The lowest BCUT2D eigenvalue weighted by Gasteiger charge is -2.32. The van der Waals surface area contributed by atoms with Gasteiger partial charge in [-0.3, -0.25) is 9.48 Å². The minimum atomic E-state index is 0.0198. The zero-order valence-corrected chi connectivity index (χ0v) is 18.0. The van der Waals surface area contributed by atoms with Crippen molar-refractivity contribution in [2.24, 2.45) is 5.92 Å². The Hall–Kier alpha value is -2.14. The van der Waals surface area contributed by atoms with Gasteiger partial charge in [0.05, 0.1) is 0 Å². The highest BCUT2D eigenvalue weighted by atomic mass is 16.2. The molecule has 1 aromatic carbocycles. The molecule has 5 nitrogen and oxygen atoms in total. The van der Waals surface area contributed by atoms with Crippen LogP contribution in [0.15, 0.2) is 30.3 Å². The molecular weight excluding hydrogens is 348 g/mol. The Bertz CT molecular complexity index is 794. The number of nitrogens with zero attached hydrogens (tertiary/aromatic N) is 4. The minimum Gasteiger partial charge on any atom is -0.343 e. The van der Waals surface area contributed by atoms with Crippen LogP contribution in [0.2, 0.25) is 0 Å². The topological polar surface area (TPSA) is 41.4 Å². The Morgan fingerprint density at radius 1 is 1.21 bits per heavy atom. The number of amides is 1. The first-order chi connectivity index (χ1) is 13.4. The van der Waals surface area contributed by atoms with E-state index in [2.05, 4.69) is 60.8 Å². The number of carbonyl (C=O) groups is 1. The molecule has 0 saturated heterocycles. The molecule has 0 radical (unpaired) electrons. The molecule has 0 unspecified atom stereocenters. The first-order valence-corrected chi connectivity index (χ1v) is 10.4. The number of hydrogen-bond donors (Lipinski definition) is 0. The molecule has 3 rings (SSSR count). The smallest absolute Gasteiger partial charge is 0.274 e. The van der Waals surface area contributed by atoms with Crippen LogP contribution in [0.3, 0.4) is 0 Å². The Kier molecular flexibility index (Phi) is 6.55. The molecule has 0 aliphatic heterocycles. The fourth-order valence-electron chi connectivity index (χ4n) is 4.06. The molecule has 1 atom stereocenters. The third-order valence-corrected chi connectivity index (χ3v) is 5.69. The monoisotopic (exact) mass is 382 g/mol. The molecule has 1 aromatic heterocycles. The highest BCUT2D eigenvalue weighted by Gasteiger charge is 2.31. The van der Waals surface area contributed by atoms with Crippen molar-refractivity contribution in [3.05, 3.63) is 52.8 Å². The highest BCUT2D eigenvalue weighted by molar-refractivity contribution is 5.93. The van der Waals surface area contributed by atoms with E-state index in [-0.39, 0.29) is 5.91 Å². The van der Waals surface area contributed by atoms with Crippen molar-refractivity contribution in [3.63, 3.8) is 0 Å². The van der Waals surface area contributed by atoms with Gasteiger partial charge in [-0.15, -0.1) is 0 Å². The fourth-order valence-corrected chi connectivity index (χ4v) is 4.06. The third-order valence-electron chi connectivity index (χ3n) is 5.69. The van der Waals surface area contributed by atoms with E-state index < -0.39 is 0 Å². The molecule has 1 heterocycles. The van der Waals surface area contributed by atoms with E-state index in [1.807, 2.05) is 14.1 Å². The average Bonchev–Trinajstić information content (AvgIpc) is 3.03. The molecule has 28 heavy (non-hydrogen) atoms. The Morgan fingerprint density at radius 2 is 1.93 bits per heavy atom. The summed E-state index contributed by atoms with van der Waals surface area (Å²) < 4.78 is 2.09. The predicted molar refractivity (Wildman–Crippen MR) is 114 cm³/mol. The first kappa shape index (κ1) is 20.6. The van der Waals surface area contributed by atoms with Crippen molar-refractivity contribution in [1.29, 1.82) is 0 Å². The quantitative estimate of drug-likeness (QED) is 0.738. The predicted octanol–water partition coefficient (Wildman–Crippen LogP) is 3.27. The molecule has 152 valence electrons. The zero-order valence-electron chi connectivity index (χ0n) is 18.0. The summed E-state index contributed by atoms with van der Waals surface area (Å²) in [6, 6.07) is 11.1. The van der Waals surface area contributed by atoms with Gasteiger partial charge in [0.15, 0.2) is 5.69 Å². The summed E-state index contributed by atoms with van der Waals surface area (Å²) in [5.74, 6) is 0.531. The van der Waals surface area contributed by atoms with E-state index in [0.717, 1.165) is 38.8 Å². The second-order valence-electron chi connectivity index (χ2n) is 8.66. The van der Waals surface area contributed by atoms with Gasteiger partial charge < -0.3 is 9.80 Å². The SMILES string of the molecule is CC(C)Cn1nc(C(=O)N(C)C)c2c1CC[C@H](N(C)CCc1ccccc1)C2. The second-order valence-corrected chi connectivity index (χ2v) is 8.66. The normalized spacial score (nSPS) is 16.5. The summed E-state index contributed by atoms with van der Waals surface area (Å²) >= 11 is 0. The molecule has 5 heteroatoms. The molecule has 0 N–H and O–H groups in total. The van der Waals surface area contributed by atoms with Gasteiger partial charge in [0.25, 0.3) is 5.91 Å². The molecular formula is C23H34N4O. The van der Waals surface area contributed by atoms with Gasteiger partial charge in [-0.05, 0) is 44.2 Å². The van der Waals surface area contributed by atoms with Crippen LogP contribution in [0.5, 0.6) is 0 Å². The van der Waals surface area contributed by atoms with Gasteiger partial charge in [-0.2, -0.15) is 5.10 Å². The number of carbonyl (C=O) groups excluding carboxylic acids is 1. The maximum atomic E-state index is 12.7. The van der Waals surface area contributed by atoms with E-state index in [1.54, 1.807) is 4.90 Å². The number of rotatable bonds is 7. The molecule has 2 aromatic rings. The number of hydrogen-bond acceptors (Lipinski definition) is 3. The Morgan fingerprint density at radius 3 is 2.57 bits per heavy atom. The average molecular weight is 383 g/mol. The van der Waals surface area contributed by atoms with Gasteiger partial charge in [-0.25, -0.2) is 0 Å². The second kappa shape index (κ2) is 8.91. The van der Waals surface area contributed by atoms with Gasteiger partial charge in [0.1, 0.15) is 0 Å². The lowest BCUT2D eigenvalue weighted by Crippen LogP contribution is -2.38. The molecule has 0 saturated carbocycles. The van der Waals surface area contributed by atoms with Gasteiger partial charge in [-0.1, -0.05) is 44.2 Å². The van der Waals surface area contributed by atoms with E-state index >= 15 is 0 Å². The largest absolute Gasteiger partial charge is 0.343 e. The summed E-state index contributed by atoms with van der Waals surface area (Å²) in [5.41, 5.74) is 4.47. The number of benzene rings is 1. The molecule has 0 spiro atoms. The van der Waals surface area contributed by atoms with E-state index in [9.17, 15) is 4.79 Å². The van der Waals surface area contributed by atoms with Crippen LogP contribution in [0.4, 0.5) is 0 Å². The summed E-state index contributed by atoms with van der Waals surface area (Å²) in [6.07, 6.45) is 4.08.